The maximum absolute atomic E-state index is 12.6. The summed E-state index contributed by atoms with van der Waals surface area (Å²) in [5.41, 5.74) is 1.78. The minimum absolute atomic E-state index is 0.0430. The van der Waals surface area contributed by atoms with Gasteiger partial charge in [0.15, 0.2) is 0 Å². The number of ether oxygens (including phenoxy) is 2. The molecular weight excluding hydrogens is 368 g/mol. The molecule has 0 atom stereocenters. The summed E-state index contributed by atoms with van der Waals surface area (Å²) in [7, 11) is 1.31. The van der Waals surface area contributed by atoms with E-state index in [4.69, 9.17) is 4.74 Å². The van der Waals surface area contributed by atoms with Crippen LogP contribution in [0.3, 0.4) is 0 Å². The summed E-state index contributed by atoms with van der Waals surface area (Å²) in [4.78, 5) is 42.0. The highest BCUT2D eigenvalue weighted by Crippen LogP contribution is 2.25. The minimum atomic E-state index is -0.542. The van der Waals surface area contributed by atoms with Crippen molar-refractivity contribution in [1.29, 1.82) is 0 Å². The lowest BCUT2D eigenvalue weighted by atomic mass is 10.1. The summed E-state index contributed by atoms with van der Waals surface area (Å²) in [6.45, 7) is 3.64. The Bertz CT molecular complexity index is 1070. The Morgan fingerprint density at radius 1 is 1.19 bits per heavy atom. The molecule has 0 aliphatic rings. The number of fused-ring (bicyclic) bond motifs is 1. The van der Waals surface area contributed by atoms with E-state index in [2.05, 4.69) is 9.72 Å². The number of carbonyl (C=O) groups is 2. The summed E-state index contributed by atoms with van der Waals surface area (Å²) >= 11 is 1.46. The Labute approximate surface area is 159 Å². The molecule has 0 bridgehead atoms. The van der Waals surface area contributed by atoms with Crippen LogP contribution >= 0.6 is 11.3 Å². The molecule has 0 saturated heterocycles. The van der Waals surface area contributed by atoms with E-state index in [9.17, 15) is 14.4 Å². The molecule has 2 heterocycles. The molecule has 3 aromatic rings. The summed E-state index contributed by atoms with van der Waals surface area (Å²) in [5, 5.41) is 0.547. The Kier molecular flexibility index (Phi) is 5.36. The number of hydrogen-bond donors (Lipinski definition) is 0. The van der Waals surface area contributed by atoms with E-state index in [0.29, 0.717) is 15.8 Å². The van der Waals surface area contributed by atoms with E-state index >= 15 is 0 Å². The number of thiophene rings is 1. The van der Waals surface area contributed by atoms with Crippen LogP contribution in [0.4, 0.5) is 0 Å². The maximum Gasteiger partial charge on any atom is 0.337 e. The second-order valence-corrected chi connectivity index (χ2v) is 7.19. The zero-order valence-corrected chi connectivity index (χ0v) is 16.0. The number of nitrogens with zero attached hydrogens (tertiary/aromatic N) is 2. The Balaban J connectivity index is 1.67. The molecule has 8 heteroatoms. The molecule has 0 spiro atoms. The number of methoxy groups -OCH3 is 1. The van der Waals surface area contributed by atoms with Crippen LogP contribution in [-0.4, -0.2) is 28.6 Å². The normalized spacial score (nSPS) is 10.8. The lowest BCUT2D eigenvalue weighted by Crippen LogP contribution is -2.25. The molecule has 0 fully saturated rings. The third-order valence-corrected chi connectivity index (χ3v) is 5.35. The van der Waals surface area contributed by atoms with Crippen molar-refractivity contribution >= 4 is 33.5 Å². The average Bonchev–Trinajstić information content (AvgIpc) is 2.97. The van der Waals surface area contributed by atoms with Gasteiger partial charge in [-0.2, -0.15) is 0 Å². The van der Waals surface area contributed by atoms with Gasteiger partial charge < -0.3 is 9.47 Å². The predicted molar refractivity (Wildman–Crippen MR) is 101 cm³/mol. The van der Waals surface area contributed by atoms with Gasteiger partial charge in [-0.05, 0) is 37.1 Å². The fourth-order valence-electron chi connectivity index (χ4n) is 2.59. The van der Waals surface area contributed by atoms with Gasteiger partial charge in [0.25, 0.3) is 5.56 Å². The smallest absolute Gasteiger partial charge is 0.337 e. The van der Waals surface area contributed by atoms with Crippen molar-refractivity contribution in [2.45, 2.75) is 27.0 Å². The van der Waals surface area contributed by atoms with E-state index in [0.717, 1.165) is 16.0 Å². The first-order valence-electron chi connectivity index (χ1n) is 8.18. The molecular formula is C19H18N2O5S. The molecule has 2 aromatic heterocycles. The molecule has 0 radical (unpaired) electrons. The first-order valence-corrected chi connectivity index (χ1v) is 9.00. The second-order valence-electron chi connectivity index (χ2n) is 5.99. The highest BCUT2D eigenvalue weighted by molar-refractivity contribution is 7.18. The van der Waals surface area contributed by atoms with E-state index < -0.39 is 11.9 Å². The highest BCUT2D eigenvalue weighted by atomic mass is 32.1. The van der Waals surface area contributed by atoms with Gasteiger partial charge in [0.1, 0.15) is 18.0 Å². The lowest BCUT2D eigenvalue weighted by Gasteiger charge is -2.07. The van der Waals surface area contributed by atoms with Crippen LogP contribution < -0.4 is 5.56 Å². The molecule has 0 unspecified atom stereocenters. The van der Waals surface area contributed by atoms with Gasteiger partial charge in [-0.1, -0.05) is 12.1 Å². The summed E-state index contributed by atoms with van der Waals surface area (Å²) in [6.07, 6.45) is 1.37. The number of aromatic nitrogens is 2. The fourth-order valence-corrected chi connectivity index (χ4v) is 3.57. The number of esters is 2. The third-order valence-electron chi connectivity index (χ3n) is 4.23. The molecule has 1 aromatic carbocycles. The second kappa shape index (κ2) is 7.71. The van der Waals surface area contributed by atoms with E-state index in [1.807, 2.05) is 13.8 Å². The monoisotopic (exact) mass is 386 g/mol. The molecule has 3 rings (SSSR count). The van der Waals surface area contributed by atoms with Crippen molar-refractivity contribution in [3.05, 3.63) is 62.5 Å². The first kappa shape index (κ1) is 18.8. The van der Waals surface area contributed by atoms with Gasteiger partial charge in [-0.25, -0.2) is 9.78 Å². The van der Waals surface area contributed by atoms with Crippen molar-refractivity contribution in [3.8, 4) is 0 Å². The van der Waals surface area contributed by atoms with Crippen molar-refractivity contribution in [3.63, 3.8) is 0 Å². The van der Waals surface area contributed by atoms with Crippen LogP contribution in [0.2, 0.25) is 0 Å². The standard InChI is InChI=1S/C19H18N2O5S/c1-11-12(2)27-17-16(11)18(23)21(10-20-17)8-15(22)26-9-13-4-6-14(7-5-13)19(24)25-3/h4-7,10H,8-9H2,1-3H3. The third kappa shape index (κ3) is 3.90. The van der Waals surface area contributed by atoms with Crippen LogP contribution in [0.15, 0.2) is 35.4 Å². The van der Waals surface area contributed by atoms with Crippen molar-refractivity contribution < 1.29 is 19.1 Å². The minimum Gasteiger partial charge on any atom is -0.465 e. The van der Waals surface area contributed by atoms with Crippen LogP contribution in [0.25, 0.3) is 10.2 Å². The van der Waals surface area contributed by atoms with Crippen LogP contribution in [0.1, 0.15) is 26.4 Å². The van der Waals surface area contributed by atoms with E-state index in [1.165, 1.54) is 29.3 Å². The molecule has 0 aliphatic carbocycles. The van der Waals surface area contributed by atoms with Gasteiger partial charge in [-0.3, -0.25) is 14.2 Å². The zero-order valence-electron chi connectivity index (χ0n) is 15.1. The van der Waals surface area contributed by atoms with Crippen LogP contribution in [0, 0.1) is 13.8 Å². The quantitative estimate of drug-likeness (QED) is 0.627. The molecule has 27 heavy (non-hydrogen) atoms. The molecule has 0 saturated carbocycles. The summed E-state index contributed by atoms with van der Waals surface area (Å²) in [5.74, 6) is -0.973. The van der Waals surface area contributed by atoms with Crippen molar-refractivity contribution in [1.82, 2.24) is 9.55 Å². The SMILES string of the molecule is COC(=O)c1ccc(COC(=O)Cn2cnc3sc(C)c(C)c3c2=O)cc1. The molecule has 0 aliphatic heterocycles. The van der Waals surface area contributed by atoms with Gasteiger partial charge in [0.05, 0.1) is 24.4 Å². The van der Waals surface area contributed by atoms with Crippen molar-refractivity contribution in [2.75, 3.05) is 7.11 Å². The van der Waals surface area contributed by atoms with Gasteiger partial charge in [-0.15, -0.1) is 11.3 Å². The fraction of sp³-hybridized carbons (Fsp3) is 0.263. The first-order chi connectivity index (χ1) is 12.9. The van der Waals surface area contributed by atoms with Gasteiger partial charge in [0, 0.05) is 4.88 Å². The largest absolute Gasteiger partial charge is 0.465 e. The molecule has 0 N–H and O–H groups in total. The Morgan fingerprint density at radius 3 is 2.56 bits per heavy atom. The number of hydrogen-bond acceptors (Lipinski definition) is 7. The zero-order chi connectivity index (χ0) is 19.6. The lowest BCUT2D eigenvalue weighted by molar-refractivity contribution is -0.145. The van der Waals surface area contributed by atoms with Gasteiger partial charge >= 0.3 is 11.9 Å². The highest BCUT2D eigenvalue weighted by Gasteiger charge is 2.14. The van der Waals surface area contributed by atoms with E-state index in [-0.39, 0.29) is 18.7 Å². The number of carbonyl (C=O) groups excluding carboxylic acids is 2. The average molecular weight is 386 g/mol. The molecule has 7 nitrogen and oxygen atoms in total. The predicted octanol–water partition coefficient (Wildman–Crippen LogP) is 2.60. The molecule has 0 amide bonds. The van der Waals surface area contributed by atoms with Crippen LogP contribution in [0.5, 0.6) is 0 Å². The summed E-state index contributed by atoms with van der Waals surface area (Å²) < 4.78 is 11.1. The van der Waals surface area contributed by atoms with E-state index in [1.54, 1.807) is 24.3 Å². The topological polar surface area (TPSA) is 87.5 Å². The number of aryl methyl sites for hydroxylation is 2. The van der Waals surface area contributed by atoms with Crippen molar-refractivity contribution in [2.24, 2.45) is 0 Å². The Hall–Kier alpha value is -3.00. The summed E-state index contributed by atoms with van der Waals surface area (Å²) in [6, 6.07) is 6.55. The number of benzene rings is 1. The molecule has 140 valence electrons. The number of rotatable bonds is 5. The van der Waals surface area contributed by atoms with Gasteiger partial charge in [0.2, 0.25) is 0 Å². The maximum atomic E-state index is 12.6. The van der Waals surface area contributed by atoms with Crippen LogP contribution in [-0.2, 0) is 27.4 Å². The Morgan fingerprint density at radius 2 is 1.89 bits per heavy atom.